The second kappa shape index (κ2) is 22.1. The lowest BCUT2D eigenvalue weighted by molar-refractivity contribution is 0.223. The molecule has 0 aliphatic carbocycles. The number of ether oxygens (including phenoxy) is 1. The fraction of sp³-hybridized carbons (Fsp3) is 0.200. The van der Waals surface area contributed by atoms with E-state index in [0.29, 0.717) is 0 Å². The number of nitrogens with zero attached hydrogens (tertiary/aromatic N) is 1. The number of hydrogen-bond donors (Lipinski definition) is 0. The van der Waals surface area contributed by atoms with Crippen LogP contribution in [0.5, 0.6) is 5.75 Å². The fourth-order valence-electron chi connectivity index (χ4n) is 5.81. The highest BCUT2D eigenvalue weighted by Crippen LogP contribution is 2.41. The Morgan fingerprint density at radius 3 is 1.14 bits per heavy atom. The molecule has 0 fully saturated rings. The Morgan fingerprint density at radius 1 is 0.440 bits per heavy atom. The van der Waals surface area contributed by atoms with Gasteiger partial charge < -0.3 is 9.64 Å². The summed E-state index contributed by atoms with van der Waals surface area (Å²) in [7, 11) is -0.696. The number of benzene rings is 6. The Hall–Kier alpha value is -3.77. The largest absolute Gasteiger partial charge is 0.492 e. The van der Waals surface area contributed by atoms with Crippen molar-refractivity contribution < 1.29 is 4.74 Å². The van der Waals surface area contributed by atoms with Crippen molar-refractivity contribution in [1.29, 1.82) is 0 Å². The predicted molar refractivity (Wildman–Crippen MR) is 224 cm³/mol. The first kappa shape index (κ1) is 39.0. The Labute approximate surface area is 309 Å². The van der Waals surface area contributed by atoms with Crippen molar-refractivity contribution in [3.63, 3.8) is 0 Å². The lowest BCUT2D eigenvalue weighted by atomic mass is 10.1. The van der Waals surface area contributed by atoms with Gasteiger partial charge in [0.25, 0.3) is 0 Å². The molecule has 0 spiro atoms. The van der Waals surface area contributed by atoms with Gasteiger partial charge in [-0.05, 0) is 92.2 Å². The van der Waals surface area contributed by atoms with Crippen molar-refractivity contribution in [3.8, 4) is 5.75 Å². The molecule has 0 atom stereocenters. The van der Waals surface area contributed by atoms with Crippen molar-refractivity contribution in [2.75, 3.05) is 38.6 Å². The molecule has 2 nitrogen and oxygen atoms in total. The van der Waals surface area contributed by atoms with E-state index in [0.717, 1.165) is 38.4 Å². The van der Waals surface area contributed by atoms with Crippen LogP contribution in [0.25, 0.3) is 0 Å². The summed E-state index contributed by atoms with van der Waals surface area (Å²) in [5, 5.41) is 5.89. The number of halogens is 1. The van der Waals surface area contributed by atoms with Gasteiger partial charge in [0, 0.05) is 6.54 Å². The molecule has 0 saturated heterocycles. The molecule has 0 aliphatic rings. The van der Waals surface area contributed by atoms with Crippen molar-refractivity contribution in [1.82, 2.24) is 4.90 Å². The van der Waals surface area contributed by atoms with Gasteiger partial charge in [-0.2, -0.15) is 0 Å². The second-order valence-corrected chi connectivity index (χ2v) is 16.5. The SMILES string of the molecule is CCN(CC)CCOc1ccc(Cc2ccccc2)cc1.Cl.c1ccc(P(CCP(c2ccccc2)c2ccccc2)c2ccccc2)cc1. The monoisotopic (exact) mass is 717 g/mol. The molecule has 6 aromatic carbocycles. The van der Waals surface area contributed by atoms with Crippen LogP contribution in [0.2, 0.25) is 0 Å². The molecule has 50 heavy (non-hydrogen) atoms. The van der Waals surface area contributed by atoms with E-state index in [1.807, 2.05) is 0 Å². The predicted octanol–water partition coefficient (Wildman–Crippen LogP) is 9.67. The third-order valence-corrected chi connectivity index (χ3v) is 13.9. The topological polar surface area (TPSA) is 12.5 Å². The highest BCUT2D eigenvalue weighted by molar-refractivity contribution is 7.76. The molecule has 0 aromatic heterocycles. The second-order valence-electron chi connectivity index (χ2n) is 11.8. The highest BCUT2D eigenvalue weighted by atomic mass is 35.5. The summed E-state index contributed by atoms with van der Waals surface area (Å²) in [6.45, 7) is 8.26. The van der Waals surface area contributed by atoms with E-state index in [1.165, 1.54) is 44.7 Å². The van der Waals surface area contributed by atoms with Gasteiger partial charge in [-0.25, -0.2) is 0 Å². The average Bonchev–Trinajstić information content (AvgIpc) is 3.18. The lowest BCUT2D eigenvalue weighted by Crippen LogP contribution is -2.27. The van der Waals surface area contributed by atoms with Crippen LogP contribution >= 0.6 is 28.3 Å². The maximum atomic E-state index is 5.80. The van der Waals surface area contributed by atoms with Gasteiger partial charge >= 0.3 is 0 Å². The Bertz CT molecular complexity index is 1560. The van der Waals surface area contributed by atoms with Crippen LogP contribution < -0.4 is 26.0 Å². The van der Waals surface area contributed by atoms with Crippen LogP contribution in [0.4, 0.5) is 0 Å². The lowest BCUT2D eigenvalue weighted by Gasteiger charge is -2.24. The third-order valence-electron chi connectivity index (χ3n) is 8.56. The number of hydrogen-bond acceptors (Lipinski definition) is 2. The van der Waals surface area contributed by atoms with E-state index < -0.39 is 0 Å². The van der Waals surface area contributed by atoms with E-state index in [2.05, 4.69) is 195 Å². The van der Waals surface area contributed by atoms with Gasteiger partial charge in [-0.1, -0.05) is 178 Å². The quantitative estimate of drug-likeness (QED) is 0.0982. The summed E-state index contributed by atoms with van der Waals surface area (Å²) >= 11 is 0. The summed E-state index contributed by atoms with van der Waals surface area (Å²) in [6.07, 6.45) is 3.39. The maximum absolute atomic E-state index is 5.80. The van der Waals surface area contributed by atoms with Crippen molar-refractivity contribution in [3.05, 3.63) is 187 Å². The number of likely N-dealkylation sites (N-methyl/N-ethyl adjacent to an activating group) is 1. The van der Waals surface area contributed by atoms with Crippen LogP contribution in [-0.4, -0.2) is 43.5 Å². The molecule has 5 heteroatoms. The maximum Gasteiger partial charge on any atom is 0.119 e. The molecule has 0 unspecified atom stereocenters. The van der Waals surface area contributed by atoms with Gasteiger partial charge in [0.2, 0.25) is 0 Å². The van der Waals surface area contributed by atoms with Gasteiger partial charge in [0.1, 0.15) is 12.4 Å². The Morgan fingerprint density at radius 2 is 0.780 bits per heavy atom. The normalized spacial score (nSPS) is 10.7. The zero-order chi connectivity index (χ0) is 33.9. The zero-order valence-corrected chi connectivity index (χ0v) is 32.0. The van der Waals surface area contributed by atoms with Gasteiger partial charge in [-0.15, -0.1) is 12.4 Å². The summed E-state index contributed by atoms with van der Waals surface area (Å²) in [6, 6.07) is 63.2. The molecule has 6 rings (SSSR count). The molecule has 6 aromatic rings. The molecule has 0 amide bonds. The molecule has 0 N–H and O–H groups in total. The molecule has 0 saturated carbocycles. The van der Waals surface area contributed by atoms with Crippen LogP contribution in [0.1, 0.15) is 25.0 Å². The molecular weight excluding hydrogens is 668 g/mol. The minimum absolute atomic E-state index is 0. The van der Waals surface area contributed by atoms with E-state index >= 15 is 0 Å². The van der Waals surface area contributed by atoms with E-state index in [-0.39, 0.29) is 28.3 Å². The molecule has 258 valence electrons. The molecule has 0 heterocycles. The molecular formula is C45H50ClNOP2. The van der Waals surface area contributed by atoms with Gasteiger partial charge in [-0.3, -0.25) is 0 Å². The standard InChI is InChI=1S/C26H24P2.C19H25NO.ClH/c1-5-13-23(14-6-1)27(24-15-7-2-8-16-24)21-22-28(25-17-9-3-10-18-25)26-19-11-4-12-20-26;1-3-20(4-2)14-15-21-19-12-10-18(11-13-19)16-17-8-6-5-7-9-17;/h1-20H,21-22H2;5-13H,3-4,14-16H2,1-2H3;1H. The first-order valence-electron chi connectivity index (χ1n) is 17.5. The molecule has 0 bridgehead atoms. The van der Waals surface area contributed by atoms with Gasteiger partial charge in [0.05, 0.1) is 0 Å². The molecule has 0 radical (unpaired) electrons. The third kappa shape index (κ3) is 12.5. The minimum Gasteiger partial charge on any atom is -0.492 e. The summed E-state index contributed by atoms with van der Waals surface area (Å²) in [5.74, 6) is 0.957. The van der Waals surface area contributed by atoms with Crippen LogP contribution in [0, 0.1) is 0 Å². The van der Waals surface area contributed by atoms with Crippen molar-refractivity contribution >= 4 is 49.5 Å². The summed E-state index contributed by atoms with van der Waals surface area (Å²) < 4.78 is 5.80. The first-order chi connectivity index (χ1) is 24.2. The van der Waals surface area contributed by atoms with Gasteiger partial charge in [0.15, 0.2) is 0 Å². The molecule has 0 aliphatic heterocycles. The van der Waals surface area contributed by atoms with E-state index in [9.17, 15) is 0 Å². The Kier molecular flexibility index (Phi) is 17.3. The Balaban J connectivity index is 0.000000230. The zero-order valence-electron chi connectivity index (χ0n) is 29.4. The summed E-state index contributed by atoms with van der Waals surface area (Å²) in [4.78, 5) is 2.36. The van der Waals surface area contributed by atoms with Crippen LogP contribution in [0.15, 0.2) is 176 Å². The van der Waals surface area contributed by atoms with Crippen molar-refractivity contribution in [2.45, 2.75) is 20.3 Å². The van der Waals surface area contributed by atoms with E-state index in [1.54, 1.807) is 0 Å². The average molecular weight is 718 g/mol. The van der Waals surface area contributed by atoms with E-state index in [4.69, 9.17) is 4.74 Å². The fourth-order valence-corrected chi connectivity index (χ4v) is 11.2. The smallest absolute Gasteiger partial charge is 0.119 e. The minimum atomic E-state index is -0.348. The summed E-state index contributed by atoms with van der Waals surface area (Å²) in [5.41, 5.74) is 2.66. The van der Waals surface area contributed by atoms with Crippen LogP contribution in [-0.2, 0) is 6.42 Å². The number of rotatable bonds is 15. The van der Waals surface area contributed by atoms with Crippen molar-refractivity contribution in [2.24, 2.45) is 0 Å². The first-order valence-corrected chi connectivity index (χ1v) is 20.5. The van der Waals surface area contributed by atoms with Crippen LogP contribution in [0.3, 0.4) is 0 Å². The highest BCUT2D eigenvalue weighted by Gasteiger charge is 2.19.